The molecule has 7 N–H and O–H groups in total. The van der Waals surface area contributed by atoms with Gasteiger partial charge in [-0.15, -0.1) is 0 Å². The Balaban J connectivity index is 0. The average Bonchev–Trinajstić information content (AvgIpc) is 0.752. The number of ether oxygens (including phenoxy) is 5. The van der Waals surface area contributed by atoms with Crippen LogP contribution in [0, 0.1) is 0 Å². The first-order chi connectivity index (χ1) is 49.2. The fourth-order valence-corrected chi connectivity index (χ4v) is 12.5. The minimum Gasteiger partial charge on any atom is -0.617 e. The number of aryl methyl sites for hydroxylation is 5. The van der Waals surface area contributed by atoms with E-state index in [2.05, 4.69) is 64.9 Å². The predicted molar refractivity (Wildman–Crippen MR) is 424 cm³/mol. The van der Waals surface area contributed by atoms with Gasteiger partial charge >= 0.3 is 66.5 Å². The zero-order chi connectivity index (χ0) is 78.1. The summed E-state index contributed by atoms with van der Waals surface area (Å²) in [4.78, 5) is 107. The number of hydrogen-bond donors (Lipinski definition) is 6. The van der Waals surface area contributed by atoms with Crippen LogP contribution in [0.2, 0.25) is 0 Å². The number of aromatic hydroxyl groups is 1. The van der Waals surface area contributed by atoms with Crippen molar-refractivity contribution in [2.75, 3.05) is 94.4 Å². The number of alkyl halides is 3. The van der Waals surface area contributed by atoms with E-state index in [0.717, 1.165) is 117 Å². The number of Topliss-reactive ketones (excluding diaryl/α,β-unsaturated/α-hetero) is 2. The van der Waals surface area contributed by atoms with E-state index in [1.54, 1.807) is 53.7 Å². The molecular weight excluding hydrogens is 1440 g/mol. The fourth-order valence-electron chi connectivity index (χ4n) is 12.5. The van der Waals surface area contributed by atoms with Gasteiger partial charge in [-0.3, -0.25) is 19.2 Å². The molecule has 0 spiro atoms. The van der Waals surface area contributed by atoms with Crippen LogP contribution < -0.4 is 71.6 Å². The first-order valence-corrected chi connectivity index (χ1v) is 35.4. The maximum atomic E-state index is 12.2. The minimum atomic E-state index is -4.64. The molecule has 0 fully saturated rings. The SMILES string of the molecule is C.C.C.C.C.C=C([O-])OC.CC(=O)C(F)(F)F.CC(C)(C)OC(=O)NCCC(=O)O.CC(C)(C)OC(=O)NCCc1cc(=O)oc2c3c4c(cc12)CCCN4CCC3.COC(=O)CC(=O)CCNC(=O)OC(C)(C)C.NCCc1cc(=O)oc2c3c4c(cc12)CCCN4CCC3.Oc1ccc2c3c1CCCN3CCC2.[Li+]. The van der Waals surface area contributed by atoms with Crippen LogP contribution in [0.3, 0.4) is 0 Å². The normalized spacial score (nSPS) is 13.6. The zero-order valence-corrected chi connectivity index (χ0v) is 63.7. The number of nitrogens with one attached hydrogen (secondary N) is 3. The van der Waals surface area contributed by atoms with Crippen LogP contribution >= 0.6 is 0 Å². The maximum Gasteiger partial charge on any atom is 1.00 e. The smallest absolute Gasteiger partial charge is 0.617 e. The van der Waals surface area contributed by atoms with Crippen molar-refractivity contribution in [3.8, 4) is 5.75 Å². The van der Waals surface area contributed by atoms with Gasteiger partial charge in [0.2, 0.25) is 5.78 Å². The van der Waals surface area contributed by atoms with Gasteiger partial charge in [-0.2, -0.15) is 13.2 Å². The number of alkyl carbamates (subject to hydrolysis) is 3. The number of amides is 3. The molecule has 3 aromatic carbocycles. The van der Waals surface area contributed by atoms with E-state index in [9.17, 15) is 66.5 Å². The van der Waals surface area contributed by atoms with Crippen molar-refractivity contribution in [1.29, 1.82) is 0 Å². The van der Waals surface area contributed by atoms with Crippen LogP contribution in [-0.4, -0.2) is 155 Å². The van der Waals surface area contributed by atoms with Crippen LogP contribution in [0.4, 0.5) is 44.6 Å². The summed E-state index contributed by atoms with van der Waals surface area (Å²) in [5.41, 5.74) is 18.7. The number of phenolic OH excluding ortho intramolecular Hbond substituents is 1. The third-order valence-electron chi connectivity index (χ3n) is 16.8. The minimum absolute atomic E-state index is 0. The van der Waals surface area contributed by atoms with Crippen molar-refractivity contribution in [2.45, 2.75) is 239 Å². The van der Waals surface area contributed by atoms with Crippen LogP contribution in [0.15, 0.2) is 67.3 Å². The number of anilines is 3. The van der Waals surface area contributed by atoms with Crippen molar-refractivity contribution < 1.29 is 113 Å². The molecule has 0 unspecified atom stereocenters. The quantitative estimate of drug-likeness (QED) is 0.0150. The molecule has 6 aliphatic rings. The van der Waals surface area contributed by atoms with Gasteiger partial charge in [0.05, 0.1) is 13.5 Å². The molecule has 620 valence electrons. The second kappa shape index (κ2) is 48.1. The third-order valence-corrected chi connectivity index (χ3v) is 16.8. The molecule has 8 heterocycles. The summed E-state index contributed by atoms with van der Waals surface area (Å²) >= 11 is 0. The number of halogens is 3. The molecule has 111 heavy (non-hydrogen) atoms. The molecule has 0 aliphatic carbocycles. The van der Waals surface area contributed by atoms with Gasteiger partial charge in [0, 0.05) is 135 Å². The number of hydrogen-bond acceptors (Lipinski definition) is 22. The fraction of sp³-hybridized carbons (Fsp3) is 0.593. The topological polar surface area (TPSA) is 361 Å². The Morgan fingerprint density at radius 3 is 1.24 bits per heavy atom. The van der Waals surface area contributed by atoms with E-state index in [1.807, 2.05) is 26.8 Å². The Labute approximate surface area is 665 Å². The number of nitrogens with two attached hydrogens (primary N) is 1. The summed E-state index contributed by atoms with van der Waals surface area (Å²) in [6, 6.07) is 11.5. The Morgan fingerprint density at radius 2 is 0.892 bits per heavy atom. The molecule has 0 bridgehead atoms. The summed E-state index contributed by atoms with van der Waals surface area (Å²) in [6.07, 6.45) is 8.13. The number of nitrogens with zero attached hydrogens (tertiary/aromatic N) is 3. The largest absolute Gasteiger partial charge is 1.00 e. The number of phenols is 1. The van der Waals surface area contributed by atoms with E-state index in [0.29, 0.717) is 32.2 Å². The molecule has 0 radical (unpaired) electrons. The van der Waals surface area contributed by atoms with E-state index < -0.39 is 64.9 Å². The van der Waals surface area contributed by atoms with Crippen LogP contribution in [0.1, 0.15) is 209 Å². The number of esters is 1. The molecular formula is C81H125F3LiN7O19. The Kier molecular flexibility index (Phi) is 45.1. The number of carboxylic acids is 1. The van der Waals surface area contributed by atoms with E-state index in [4.69, 9.17) is 33.9 Å². The molecule has 3 amide bonds. The second-order valence-electron chi connectivity index (χ2n) is 28.7. The summed E-state index contributed by atoms with van der Waals surface area (Å²) in [5, 5.41) is 37.2. The molecule has 26 nitrogen and oxygen atoms in total. The Bertz CT molecular complexity index is 3980. The van der Waals surface area contributed by atoms with Gasteiger partial charge in [-0.25, -0.2) is 24.0 Å². The van der Waals surface area contributed by atoms with Crippen molar-refractivity contribution in [2.24, 2.45) is 5.73 Å². The monoisotopic (exact) mass is 1560 g/mol. The number of rotatable bonds is 14. The van der Waals surface area contributed by atoms with Crippen molar-refractivity contribution in [1.82, 2.24) is 16.0 Å². The summed E-state index contributed by atoms with van der Waals surface area (Å²) in [6.45, 7) is 27.3. The van der Waals surface area contributed by atoms with Crippen LogP contribution in [-0.2, 0) is 94.2 Å². The number of carbonyl (C=O) groups excluding carboxylic acids is 6. The number of methoxy groups -OCH3 is 2. The van der Waals surface area contributed by atoms with Gasteiger partial charge in [-0.1, -0.05) is 49.8 Å². The van der Waals surface area contributed by atoms with Gasteiger partial charge in [-0.05, 0) is 212 Å². The molecule has 0 saturated carbocycles. The van der Waals surface area contributed by atoms with Gasteiger partial charge in [0.25, 0.3) is 0 Å². The van der Waals surface area contributed by atoms with E-state index >= 15 is 0 Å². The summed E-state index contributed by atoms with van der Waals surface area (Å²) < 4.78 is 67.2. The molecule has 6 aliphatic heterocycles. The zero-order valence-electron chi connectivity index (χ0n) is 63.7. The molecule has 30 heteroatoms. The molecule has 0 saturated heterocycles. The van der Waals surface area contributed by atoms with Gasteiger partial charge in [0.1, 0.15) is 45.9 Å². The molecule has 11 rings (SSSR count). The van der Waals surface area contributed by atoms with Gasteiger partial charge < -0.3 is 84.2 Å². The van der Waals surface area contributed by atoms with Crippen molar-refractivity contribution in [3.63, 3.8) is 0 Å². The van der Waals surface area contributed by atoms with Crippen molar-refractivity contribution in [3.05, 3.63) is 114 Å². The Hall–Kier alpha value is -8.94. The average molecular weight is 1560 g/mol. The number of carbonyl (C=O) groups is 7. The number of carboxylic acid groups (broad SMARTS) is 1. The molecule has 5 aromatic rings. The van der Waals surface area contributed by atoms with E-state index in [1.165, 1.54) is 103 Å². The van der Waals surface area contributed by atoms with Gasteiger partial charge in [0.15, 0.2) is 0 Å². The number of benzene rings is 3. The first-order valence-electron chi connectivity index (χ1n) is 35.4. The first kappa shape index (κ1) is 104. The maximum absolute atomic E-state index is 12.2. The summed E-state index contributed by atoms with van der Waals surface area (Å²) in [7, 11) is 2.50. The standard InChI is InChI=1S/C22H28N2O4.C17H20N2O2.C12H15NO.C11H19NO5.C8H15NO4.C3H3F3O.C3H6O2.5CH4.Li/c1-22(2,3)28-21(26)23-9-8-14-13-18(25)27-20-16-7-5-11-24-10-4-6-15(19(16)24)12-17(14)20;18-6-5-11-10-15(20)21-17-13-4-2-8-19-7-1-3-12(16(13)19)9-14(11)17;14-11-6-5-9-3-1-7-13-8-2-4-10(11)12(9)13;1-11(2,3)17-10(15)12-6-5-8(13)7-9(14)16-4;1-8(2,3)13-7(12)9-5-4-6(10)11;1-2(7)3(4,5)6;1-3(4)5-2;;;;;;/h12-13H,4-11H2,1-3H3,(H,23,26);9-10H,1-8,18H2;5-6,14H,1-4,7-8H2;5-7H2,1-4H3,(H,12,15);4-5H2,1-3H3,(H,9,12)(H,10,11);1H3;4H,1H2,2H3;5*1H4;/q;;;;;;;;;;;;+1/p-1. The van der Waals surface area contributed by atoms with Crippen molar-refractivity contribution >= 4 is 80.8 Å². The summed E-state index contributed by atoms with van der Waals surface area (Å²) in [5.74, 6) is -3.57. The number of ketones is 2. The number of fused-ring (bicyclic) bond motifs is 4. The van der Waals surface area contributed by atoms with E-state index in [-0.39, 0.29) is 105 Å². The van der Waals surface area contributed by atoms with Crippen LogP contribution in [0.25, 0.3) is 21.9 Å². The third kappa shape index (κ3) is 34.3. The molecule has 0 atom stereocenters. The predicted octanol–water partition coefficient (Wildman–Crippen LogP) is 10.4. The van der Waals surface area contributed by atoms with Crippen LogP contribution in [0.5, 0.6) is 5.75 Å². The molecule has 2 aromatic heterocycles. The Morgan fingerprint density at radius 1 is 0.550 bits per heavy atom. The number of aliphatic carboxylic acids is 1. The second-order valence-corrected chi connectivity index (χ2v) is 28.7.